The topological polar surface area (TPSA) is 38.4 Å². The molecule has 0 bridgehead atoms. The quantitative estimate of drug-likeness (QED) is 0.588. The molecule has 0 aliphatic heterocycles. The first-order valence-electron chi connectivity index (χ1n) is 4.60. The van der Waals surface area contributed by atoms with E-state index in [2.05, 4.69) is 4.99 Å². The van der Waals surface area contributed by atoms with E-state index in [1.165, 1.54) is 0 Å². The molecule has 0 aromatic heterocycles. The summed E-state index contributed by atoms with van der Waals surface area (Å²) in [5.41, 5.74) is 6.33. The molecule has 2 N–H and O–H groups in total. The lowest BCUT2D eigenvalue weighted by Gasteiger charge is -2.17. The molecule has 1 aromatic rings. The predicted octanol–water partition coefficient (Wildman–Crippen LogP) is 4.03. The predicted molar refractivity (Wildman–Crippen MR) is 67.2 cm³/mol. The highest BCUT2D eigenvalue weighted by molar-refractivity contribution is 6.36. The molecule has 0 atom stereocenters. The second-order valence-electron chi connectivity index (χ2n) is 4.34. The van der Waals surface area contributed by atoms with Crippen LogP contribution in [0.3, 0.4) is 0 Å². The molecule has 0 amide bonds. The number of amidine groups is 1. The summed E-state index contributed by atoms with van der Waals surface area (Å²) in [5.74, 6) is 0.548. The molecule has 0 radical (unpaired) electrons. The third kappa shape index (κ3) is 3.40. The van der Waals surface area contributed by atoms with Crippen molar-refractivity contribution in [3.8, 4) is 0 Å². The van der Waals surface area contributed by atoms with E-state index in [0.717, 1.165) is 0 Å². The molecular formula is C11H14Cl2N2. The van der Waals surface area contributed by atoms with Gasteiger partial charge in [-0.05, 0) is 18.2 Å². The van der Waals surface area contributed by atoms with Gasteiger partial charge < -0.3 is 5.73 Å². The van der Waals surface area contributed by atoms with Crippen molar-refractivity contribution in [2.24, 2.45) is 16.1 Å². The highest BCUT2D eigenvalue weighted by Gasteiger charge is 2.15. The summed E-state index contributed by atoms with van der Waals surface area (Å²) >= 11 is 11.8. The maximum absolute atomic E-state index is 5.98. The summed E-state index contributed by atoms with van der Waals surface area (Å²) in [5, 5.41) is 1.10. The Morgan fingerprint density at radius 2 is 1.87 bits per heavy atom. The van der Waals surface area contributed by atoms with Crippen LogP contribution in [-0.2, 0) is 0 Å². The molecule has 0 aliphatic carbocycles. The van der Waals surface area contributed by atoms with Crippen molar-refractivity contribution in [1.82, 2.24) is 0 Å². The number of nitrogens with zero attached hydrogens (tertiary/aromatic N) is 1. The number of nitrogens with two attached hydrogens (primary N) is 1. The summed E-state index contributed by atoms with van der Waals surface area (Å²) in [6.45, 7) is 5.99. The standard InChI is InChI=1S/C11H14Cl2N2/c1-11(2,3)10(14)15-9-5-4-7(12)6-8(9)13/h4-6H,1-3H3,(H2,14,15). The molecule has 0 heterocycles. The van der Waals surface area contributed by atoms with Gasteiger partial charge in [0.2, 0.25) is 0 Å². The van der Waals surface area contributed by atoms with Gasteiger partial charge in [0, 0.05) is 10.4 Å². The fourth-order valence-corrected chi connectivity index (χ4v) is 1.32. The minimum Gasteiger partial charge on any atom is -0.387 e. The van der Waals surface area contributed by atoms with E-state index < -0.39 is 0 Å². The minimum absolute atomic E-state index is 0.164. The van der Waals surface area contributed by atoms with E-state index in [1.807, 2.05) is 20.8 Å². The van der Waals surface area contributed by atoms with Crippen molar-refractivity contribution >= 4 is 34.7 Å². The number of aliphatic imine (C=N–C) groups is 1. The van der Waals surface area contributed by atoms with Crippen molar-refractivity contribution in [2.75, 3.05) is 0 Å². The third-order valence-electron chi connectivity index (χ3n) is 1.92. The van der Waals surface area contributed by atoms with Gasteiger partial charge in [0.1, 0.15) is 5.84 Å². The van der Waals surface area contributed by atoms with Crippen molar-refractivity contribution in [3.05, 3.63) is 28.2 Å². The van der Waals surface area contributed by atoms with Crippen LogP contribution in [0, 0.1) is 5.41 Å². The molecular weight excluding hydrogens is 231 g/mol. The zero-order chi connectivity index (χ0) is 11.6. The average Bonchev–Trinajstić information content (AvgIpc) is 2.08. The van der Waals surface area contributed by atoms with Crippen molar-refractivity contribution < 1.29 is 0 Å². The summed E-state index contributed by atoms with van der Waals surface area (Å²) in [6.07, 6.45) is 0. The Bertz CT molecular complexity index is 392. The first-order valence-corrected chi connectivity index (χ1v) is 5.36. The monoisotopic (exact) mass is 244 g/mol. The van der Waals surface area contributed by atoms with Crippen LogP contribution in [0.25, 0.3) is 0 Å². The van der Waals surface area contributed by atoms with Gasteiger partial charge in [0.25, 0.3) is 0 Å². The Hall–Kier alpha value is -0.730. The van der Waals surface area contributed by atoms with E-state index >= 15 is 0 Å². The fraction of sp³-hybridized carbons (Fsp3) is 0.364. The zero-order valence-corrected chi connectivity index (χ0v) is 10.5. The van der Waals surface area contributed by atoms with Gasteiger partial charge in [0.15, 0.2) is 0 Å². The molecule has 1 rings (SSSR count). The molecule has 82 valence electrons. The largest absolute Gasteiger partial charge is 0.387 e. The first kappa shape index (κ1) is 12.3. The molecule has 15 heavy (non-hydrogen) atoms. The van der Waals surface area contributed by atoms with Crippen LogP contribution in [0.4, 0.5) is 5.69 Å². The van der Waals surface area contributed by atoms with Crippen molar-refractivity contribution in [2.45, 2.75) is 20.8 Å². The van der Waals surface area contributed by atoms with Crippen LogP contribution in [0.1, 0.15) is 20.8 Å². The molecule has 0 spiro atoms. The van der Waals surface area contributed by atoms with Gasteiger partial charge in [-0.2, -0.15) is 0 Å². The molecule has 4 heteroatoms. The van der Waals surface area contributed by atoms with Crippen LogP contribution in [-0.4, -0.2) is 5.84 Å². The number of benzene rings is 1. The van der Waals surface area contributed by atoms with E-state index in [9.17, 15) is 0 Å². The highest BCUT2D eigenvalue weighted by Crippen LogP contribution is 2.29. The number of rotatable bonds is 1. The van der Waals surface area contributed by atoms with E-state index in [4.69, 9.17) is 28.9 Å². The van der Waals surface area contributed by atoms with Crippen LogP contribution in [0.2, 0.25) is 10.0 Å². The first-order chi connectivity index (χ1) is 6.80. The Balaban J connectivity index is 3.09. The smallest absolute Gasteiger partial charge is 0.105 e. The average molecular weight is 245 g/mol. The second-order valence-corrected chi connectivity index (χ2v) is 5.19. The Morgan fingerprint density at radius 1 is 1.27 bits per heavy atom. The molecule has 0 fully saturated rings. The fourth-order valence-electron chi connectivity index (χ4n) is 0.869. The van der Waals surface area contributed by atoms with Gasteiger partial charge in [-0.3, -0.25) is 0 Å². The van der Waals surface area contributed by atoms with E-state index in [0.29, 0.717) is 21.6 Å². The van der Waals surface area contributed by atoms with Gasteiger partial charge in [-0.15, -0.1) is 0 Å². The zero-order valence-electron chi connectivity index (χ0n) is 9.01. The summed E-state index contributed by atoms with van der Waals surface area (Å²) in [4.78, 5) is 4.27. The van der Waals surface area contributed by atoms with Crippen LogP contribution in [0.15, 0.2) is 23.2 Å². The normalized spacial score (nSPS) is 13.0. The summed E-state index contributed by atoms with van der Waals surface area (Å²) in [7, 11) is 0. The van der Waals surface area contributed by atoms with Crippen molar-refractivity contribution in [1.29, 1.82) is 0 Å². The van der Waals surface area contributed by atoms with Gasteiger partial charge in [-0.1, -0.05) is 44.0 Å². The van der Waals surface area contributed by atoms with Crippen LogP contribution in [0.5, 0.6) is 0 Å². The third-order valence-corrected chi connectivity index (χ3v) is 2.46. The molecule has 0 aliphatic rings. The second kappa shape index (κ2) is 4.42. The minimum atomic E-state index is -0.164. The van der Waals surface area contributed by atoms with Crippen LogP contribution < -0.4 is 5.73 Å². The Kier molecular flexibility index (Phi) is 3.63. The lowest BCUT2D eigenvalue weighted by atomic mass is 9.95. The maximum Gasteiger partial charge on any atom is 0.105 e. The molecule has 1 aromatic carbocycles. The number of hydrogen-bond acceptors (Lipinski definition) is 1. The molecule has 2 nitrogen and oxygen atoms in total. The van der Waals surface area contributed by atoms with Gasteiger partial charge >= 0.3 is 0 Å². The Morgan fingerprint density at radius 3 is 2.33 bits per heavy atom. The maximum atomic E-state index is 5.98. The lowest BCUT2D eigenvalue weighted by Crippen LogP contribution is -2.28. The van der Waals surface area contributed by atoms with Gasteiger partial charge in [0.05, 0.1) is 10.7 Å². The summed E-state index contributed by atoms with van der Waals surface area (Å²) in [6, 6.07) is 5.14. The molecule has 0 unspecified atom stereocenters. The molecule has 0 saturated carbocycles. The SMILES string of the molecule is CC(C)(C)C(N)=Nc1ccc(Cl)cc1Cl. The summed E-state index contributed by atoms with van der Waals surface area (Å²) < 4.78 is 0. The van der Waals surface area contributed by atoms with Gasteiger partial charge in [-0.25, -0.2) is 4.99 Å². The lowest BCUT2D eigenvalue weighted by molar-refractivity contribution is 0.585. The highest BCUT2D eigenvalue weighted by atomic mass is 35.5. The van der Waals surface area contributed by atoms with E-state index in [-0.39, 0.29) is 5.41 Å². The van der Waals surface area contributed by atoms with Crippen molar-refractivity contribution in [3.63, 3.8) is 0 Å². The number of hydrogen-bond donors (Lipinski definition) is 1. The van der Waals surface area contributed by atoms with E-state index in [1.54, 1.807) is 18.2 Å². The molecule has 0 saturated heterocycles. The number of halogens is 2. The van der Waals surface area contributed by atoms with Crippen LogP contribution >= 0.6 is 23.2 Å². The Labute approximate surface area is 100 Å².